The first kappa shape index (κ1) is 13.9. The zero-order valence-electron chi connectivity index (χ0n) is 10.4. The van der Waals surface area contributed by atoms with Gasteiger partial charge in [-0.2, -0.15) is 0 Å². The van der Waals surface area contributed by atoms with E-state index in [2.05, 4.69) is 12.6 Å². The monoisotopic (exact) mass is 280 g/mol. The first-order valence-electron chi connectivity index (χ1n) is 6.02. The number of ether oxygens (including phenoxy) is 1. The number of carbonyl (C=O) groups excluding carboxylic acids is 2. The number of benzene rings is 1. The van der Waals surface area contributed by atoms with Crippen molar-refractivity contribution in [2.24, 2.45) is 5.73 Å². The minimum atomic E-state index is -0.662. The van der Waals surface area contributed by atoms with Crippen LogP contribution in [0.25, 0.3) is 0 Å². The molecular formula is C13H16N2O3S. The van der Waals surface area contributed by atoms with Gasteiger partial charge in [-0.05, 0) is 17.7 Å². The van der Waals surface area contributed by atoms with Crippen LogP contribution in [0.1, 0.15) is 5.56 Å². The third-order valence-electron chi connectivity index (χ3n) is 3.07. The summed E-state index contributed by atoms with van der Waals surface area (Å²) < 4.78 is 5.18. The Bertz CT molecular complexity index is 475. The van der Waals surface area contributed by atoms with Gasteiger partial charge in [0.1, 0.15) is 6.04 Å². The summed E-state index contributed by atoms with van der Waals surface area (Å²) in [6, 6.07) is 6.69. The molecule has 1 unspecified atom stereocenters. The summed E-state index contributed by atoms with van der Waals surface area (Å²) in [5.41, 5.74) is 6.17. The van der Waals surface area contributed by atoms with Crippen LogP contribution in [0.3, 0.4) is 0 Å². The number of morpholine rings is 1. The molecule has 1 aromatic carbocycles. The van der Waals surface area contributed by atoms with Crippen molar-refractivity contribution in [3.8, 4) is 0 Å². The van der Waals surface area contributed by atoms with Gasteiger partial charge in [-0.25, -0.2) is 0 Å². The minimum absolute atomic E-state index is 0.112. The Morgan fingerprint density at radius 1 is 1.37 bits per heavy atom. The SMILES string of the molecule is NC(=O)C1COCCN1C(=O)Cc1ccc(S)cc1. The highest BCUT2D eigenvalue weighted by Gasteiger charge is 2.31. The summed E-state index contributed by atoms with van der Waals surface area (Å²) in [6.07, 6.45) is 0.248. The molecule has 1 atom stereocenters. The van der Waals surface area contributed by atoms with E-state index in [4.69, 9.17) is 10.5 Å². The topological polar surface area (TPSA) is 72.6 Å². The lowest BCUT2D eigenvalue weighted by Crippen LogP contribution is -2.55. The van der Waals surface area contributed by atoms with Gasteiger partial charge in [-0.1, -0.05) is 12.1 Å². The van der Waals surface area contributed by atoms with Crippen LogP contribution in [0.15, 0.2) is 29.2 Å². The number of amides is 2. The third-order valence-corrected chi connectivity index (χ3v) is 3.37. The number of hydrogen-bond donors (Lipinski definition) is 2. The van der Waals surface area contributed by atoms with Crippen molar-refractivity contribution in [1.82, 2.24) is 4.90 Å². The number of hydrogen-bond acceptors (Lipinski definition) is 4. The fraction of sp³-hybridized carbons (Fsp3) is 0.385. The zero-order chi connectivity index (χ0) is 13.8. The summed E-state index contributed by atoms with van der Waals surface area (Å²) in [5.74, 6) is -0.641. The van der Waals surface area contributed by atoms with Crippen molar-refractivity contribution in [3.05, 3.63) is 29.8 Å². The molecule has 102 valence electrons. The van der Waals surface area contributed by atoms with Crippen molar-refractivity contribution >= 4 is 24.4 Å². The number of nitrogens with zero attached hydrogens (tertiary/aromatic N) is 1. The Morgan fingerprint density at radius 3 is 2.68 bits per heavy atom. The van der Waals surface area contributed by atoms with Crippen LogP contribution in [-0.4, -0.2) is 42.5 Å². The van der Waals surface area contributed by atoms with Crippen LogP contribution in [-0.2, 0) is 20.7 Å². The van der Waals surface area contributed by atoms with Crippen molar-refractivity contribution < 1.29 is 14.3 Å². The molecule has 2 rings (SSSR count). The molecule has 1 saturated heterocycles. The third kappa shape index (κ3) is 3.48. The van der Waals surface area contributed by atoms with Crippen molar-refractivity contribution in [2.45, 2.75) is 17.4 Å². The summed E-state index contributed by atoms with van der Waals surface area (Å²) in [5, 5.41) is 0. The second-order valence-electron chi connectivity index (χ2n) is 4.42. The van der Waals surface area contributed by atoms with E-state index in [-0.39, 0.29) is 18.9 Å². The van der Waals surface area contributed by atoms with Crippen LogP contribution >= 0.6 is 12.6 Å². The quantitative estimate of drug-likeness (QED) is 0.779. The fourth-order valence-electron chi connectivity index (χ4n) is 2.03. The van der Waals surface area contributed by atoms with E-state index < -0.39 is 11.9 Å². The lowest BCUT2D eigenvalue weighted by molar-refractivity contribution is -0.146. The van der Waals surface area contributed by atoms with Crippen molar-refractivity contribution in [2.75, 3.05) is 19.8 Å². The molecule has 2 amide bonds. The highest BCUT2D eigenvalue weighted by atomic mass is 32.1. The van der Waals surface area contributed by atoms with Gasteiger partial charge in [0.05, 0.1) is 19.6 Å². The molecule has 0 saturated carbocycles. The van der Waals surface area contributed by atoms with Crippen LogP contribution in [0.5, 0.6) is 0 Å². The largest absolute Gasteiger partial charge is 0.377 e. The van der Waals surface area contributed by atoms with E-state index in [1.54, 1.807) is 0 Å². The molecule has 0 spiro atoms. The van der Waals surface area contributed by atoms with E-state index >= 15 is 0 Å². The second kappa shape index (κ2) is 6.08. The van der Waals surface area contributed by atoms with E-state index in [1.165, 1.54) is 4.90 Å². The fourth-order valence-corrected chi connectivity index (χ4v) is 2.18. The van der Waals surface area contributed by atoms with Crippen LogP contribution in [0, 0.1) is 0 Å². The maximum Gasteiger partial charge on any atom is 0.242 e. The predicted molar refractivity (Wildman–Crippen MR) is 72.9 cm³/mol. The van der Waals surface area contributed by atoms with E-state index in [0.29, 0.717) is 13.2 Å². The summed E-state index contributed by atoms with van der Waals surface area (Å²) >= 11 is 4.19. The molecule has 0 aromatic heterocycles. The summed E-state index contributed by atoms with van der Waals surface area (Å²) in [4.78, 5) is 25.9. The number of nitrogens with two attached hydrogens (primary N) is 1. The molecular weight excluding hydrogens is 264 g/mol. The van der Waals surface area contributed by atoms with Gasteiger partial charge in [-0.15, -0.1) is 12.6 Å². The molecule has 0 aliphatic carbocycles. The smallest absolute Gasteiger partial charge is 0.242 e. The molecule has 1 fully saturated rings. The summed E-state index contributed by atoms with van der Waals surface area (Å²) in [6.45, 7) is 1.01. The highest BCUT2D eigenvalue weighted by molar-refractivity contribution is 7.80. The number of thiol groups is 1. The molecule has 6 heteroatoms. The predicted octanol–water partition coefficient (Wildman–Crippen LogP) is 0.231. The van der Waals surface area contributed by atoms with Crippen molar-refractivity contribution in [1.29, 1.82) is 0 Å². The van der Waals surface area contributed by atoms with Gasteiger partial charge in [0, 0.05) is 11.4 Å². The van der Waals surface area contributed by atoms with E-state index in [1.807, 2.05) is 24.3 Å². The molecule has 19 heavy (non-hydrogen) atoms. The number of rotatable bonds is 3. The van der Waals surface area contributed by atoms with Gasteiger partial charge in [-0.3, -0.25) is 9.59 Å². The molecule has 1 aliphatic rings. The maximum absolute atomic E-state index is 12.2. The molecule has 5 nitrogen and oxygen atoms in total. The van der Waals surface area contributed by atoms with Gasteiger partial charge in [0.25, 0.3) is 0 Å². The standard InChI is InChI=1S/C13H16N2O3S/c14-13(17)11-8-18-6-5-15(11)12(16)7-9-1-3-10(19)4-2-9/h1-4,11,19H,5-8H2,(H2,14,17). The van der Waals surface area contributed by atoms with Crippen LogP contribution in [0.4, 0.5) is 0 Å². The molecule has 0 radical (unpaired) electrons. The van der Waals surface area contributed by atoms with Crippen LogP contribution < -0.4 is 5.73 Å². The summed E-state index contributed by atoms with van der Waals surface area (Å²) in [7, 11) is 0. The molecule has 1 aliphatic heterocycles. The lowest BCUT2D eigenvalue weighted by atomic mass is 10.1. The number of primary amides is 1. The highest BCUT2D eigenvalue weighted by Crippen LogP contribution is 2.12. The van der Waals surface area contributed by atoms with Gasteiger partial charge < -0.3 is 15.4 Å². The number of carbonyl (C=O) groups is 2. The average Bonchev–Trinajstić information content (AvgIpc) is 2.41. The molecule has 0 bridgehead atoms. The van der Waals surface area contributed by atoms with Crippen LogP contribution in [0.2, 0.25) is 0 Å². The Labute approximate surface area is 117 Å². The van der Waals surface area contributed by atoms with Gasteiger partial charge >= 0.3 is 0 Å². The first-order chi connectivity index (χ1) is 9.08. The Kier molecular flexibility index (Phi) is 4.44. The Morgan fingerprint density at radius 2 is 2.05 bits per heavy atom. The molecule has 1 heterocycles. The molecule has 2 N–H and O–H groups in total. The Hall–Kier alpha value is -1.53. The average molecular weight is 280 g/mol. The minimum Gasteiger partial charge on any atom is -0.377 e. The van der Waals surface area contributed by atoms with E-state index in [9.17, 15) is 9.59 Å². The van der Waals surface area contributed by atoms with Crippen molar-refractivity contribution in [3.63, 3.8) is 0 Å². The first-order valence-corrected chi connectivity index (χ1v) is 6.47. The lowest BCUT2D eigenvalue weighted by Gasteiger charge is -2.33. The maximum atomic E-state index is 12.2. The Balaban J connectivity index is 2.05. The van der Waals surface area contributed by atoms with Gasteiger partial charge in [0.2, 0.25) is 11.8 Å². The zero-order valence-corrected chi connectivity index (χ0v) is 11.3. The normalized spacial score (nSPS) is 19.2. The van der Waals surface area contributed by atoms with Gasteiger partial charge in [0.15, 0.2) is 0 Å². The second-order valence-corrected chi connectivity index (χ2v) is 4.94. The molecule has 1 aromatic rings. The van der Waals surface area contributed by atoms with E-state index in [0.717, 1.165) is 10.5 Å².